The van der Waals surface area contributed by atoms with Crippen LogP contribution in [0.1, 0.15) is 18.4 Å². The first-order valence-electron chi connectivity index (χ1n) is 6.46. The summed E-state index contributed by atoms with van der Waals surface area (Å²) in [4.78, 5) is 2.30. The van der Waals surface area contributed by atoms with E-state index in [9.17, 15) is 13.9 Å². The summed E-state index contributed by atoms with van der Waals surface area (Å²) in [6.07, 6.45) is 1.61. The van der Waals surface area contributed by atoms with Crippen LogP contribution in [0.25, 0.3) is 0 Å². The van der Waals surface area contributed by atoms with Gasteiger partial charge in [0.1, 0.15) is 11.6 Å². The van der Waals surface area contributed by atoms with E-state index in [2.05, 4.69) is 4.90 Å². The van der Waals surface area contributed by atoms with Crippen LogP contribution in [0, 0.1) is 17.6 Å². The summed E-state index contributed by atoms with van der Waals surface area (Å²) < 4.78 is 27.3. The van der Waals surface area contributed by atoms with Gasteiger partial charge in [0.25, 0.3) is 0 Å². The second-order valence-electron chi connectivity index (χ2n) is 5.52. The Kier molecular flexibility index (Phi) is 2.87. The van der Waals surface area contributed by atoms with E-state index in [-0.39, 0.29) is 17.9 Å². The number of aliphatic hydroxyl groups is 1. The van der Waals surface area contributed by atoms with E-state index in [4.69, 9.17) is 0 Å². The molecule has 0 spiro atoms. The van der Waals surface area contributed by atoms with Crippen molar-refractivity contribution in [2.24, 2.45) is 5.92 Å². The van der Waals surface area contributed by atoms with Crippen LogP contribution in [0.3, 0.4) is 0 Å². The van der Waals surface area contributed by atoms with Crippen LogP contribution in [-0.4, -0.2) is 35.2 Å². The normalized spacial score (nSPS) is 34.8. The first kappa shape index (κ1) is 12.1. The van der Waals surface area contributed by atoms with Crippen LogP contribution in [0.4, 0.5) is 8.78 Å². The third kappa shape index (κ3) is 1.93. The van der Waals surface area contributed by atoms with E-state index < -0.39 is 17.2 Å². The molecule has 98 valence electrons. The van der Waals surface area contributed by atoms with Gasteiger partial charge in [-0.1, -0.05) is 6.07 Å². The fourth-order valence-electron chi connectivity index (χ4n) is 3.27. The highest BCUT2D eigenvalue weighted by molar-refractivity contribution is 5.22. The standard InChI is InChI=1S/C14H17F2NO/c15-12-2-1-3-13(16)11(12)8-14(18)5-7-17-6-4-10(14)9-17/h1-3,10,18H,4-9H2. The minimum Gasteiger partial charge on any atom is -0.389 e. The molecule has 1 N–H and O–H groups in total. The van der Waals surface area contributed by atoms with E-state index in [1.807, 2.05) is 0 Å². The maximum atomic E-state index is 13.7. The van der Waals surface area contributed by atoms with Crippen molar-refractivity contribution in [1.82, 2.24) is 4.90 Å². The van der Waals surface area contributed by atoms with Gasteiger partial charge in [0.2, 0.25) is 0 Å². The van der Waals surface area contributed by atoms with Crippen LogP contribution in [0.2, 0.25) is 0 Å². The molecule has 2 heterocycles. The average molecular weight is 253 g/mol. The molecule has 0 saturated carbocycles. The lowest BCUT2D eigenvalue weighted by Crippen LogP contribution is -2.48. The first-order chi connectivity index (χ1) is 8.58. The molecule has 3 atom stereocenters. The second kappa shape index (κ2) is 4.28. The van der Waals surface area contributed by atoms with Crippen LogP contribution in [0.15, 0.2) is 18.2 Å². The maximum Gasteiger partial charge on any atom is 0.129 e. The molecule has 2 nitrogen and oxygen atoms in total. The van der Waals surface area contributed by atoms with Gasteiger partial charge in [-0.2, -0.15) is 0 Å². The van der Waals surface area contributed by atoms with Gasteiger partial charge in [-0.25, -0.2) is 8.78 Å². The molecule has 1 aromatic carbocycles. The Bertz CT molecular complexity index is 445. The number of rotatable bonds is 2. The van der Waals surface area contributed by atoms with Crippen molar-refractivity contribution in [2.45, 2.75) is 24.9 Å². The molecular weight excluding hydrogens is 236 g/mol. The summed E-state index contributed by atoms with van der Waals surface area (Å²) in [6.45, 7) is 2.67. The smallest absolute Gasteiger partial charge is 0.129 e. The van der Waals surface area contributed by atoms with Gasteiger partial charge in [0.05, 0.1) is 5.60 Å². The zero-order valence-corrected chi connectivity index (χ0v) is 10.2. The summed E-state index contributed by atoms with van der Waals surface area (Å²) in [5.41, 5.74) is -0.920. The number of fused-ring (bicyclic) bond motifs is 2. The second-order valence-corrected chi connectivity index (χ2v) is 5.52. The Morgan fingerprint density at radius 2 is 2.00 bits per heavy atom. The Balaban J connectivity index is 1.87. The molecule has 3 unspecified atom stereocenters. The van der Waals surface area contributed by atoms with Gasteiger partial charge in [-0.15, -0.1) is 0 Å². The highest BCUT2D eigenvalue weighted by Gasteiger charge is 2.45. The third-order valence-electron chi connectivity index (χ3n) is 4.44. The van der Waals surface area contributed by atoms with E-state index in [0.29, 0.717) is 6.42 Å². The fraction of sp³-hybridized carbons (Fsp3) is 0.571. The molecule has 4 heteroatoms. The minimum atomic E-state index is -0.948. The molecule has 0 radical (unpaired) electrons. The molecule has 1 aromatic rings. The Morgan fingerprint density at radius 3 is 2.72 bits per heavy atom. The number of nitrogens with zero attached hydrogens (tertiary/aromatic N) is 1. The predicted molar refractivity (Wildman–Crippen MR) is 64.2 cm³/mol. The molecule has 2 saturated heterocycles. The van der Waals surface area contributed by atoms with Crippen LogP contribution < -0.4 is 0 Å². The number of benzene rings is 1. The van der Waals surface area contributed by atoms with Gasteiger partial charge in [-0.05, 0) is 31.5 Å². The van der Waals surface area contributed by atoms with E-state index >= 15 is 0 Å². The lowest BCUT2D eigenvalue weighted by atomic mass is 9.77. The summed E-state index contributed by atoms with van der Waals surface area (Å²) in [6, 6.07) is 3.87. The lowest BCUT2D eigenvalue weighted by molar-refractivity contribution is -0.0450. The monoisotopic (exact) mass is 253 g/mol. The molecule has 0 aliphatic carbocycles. The largest absolute Gasteiger partial charge is 0.389 e. The van der Waals surface area contributed by atoms with Gasteiger partial charge >= 0.3 is 0 Å². The highest BCUT2D eigenvalue weighted by atomic mass is 19.1. The van der Waals surface area contributed by atoms with Crippen molar-refractivity contribution in [3.05, 3.63) is 35.4 Å². The molecule has 18 heavy (non-hydrogen) atoms. The van der Waals surface area contributed by atoms with Gasteiger partial charge in [0.15, 0.2) is 0 Å². The van der Waals surface area contributed by atoms with Crippen molar-refractivity contribution < 1.29 is 13.9 Å². The number of hydrogen-bond donors (Lipinski definition) is 1. The molecule has 2 aliphatic rings. The number of piperidine rings is 1. The number of halogens is 2. The minimum absolute atomic E-state index is 0.0281. The Labute approximate surface area is 105 Å². The zero-order chi connectivity index (χ0) is 12.8. The van der Waals surface area contributed by atoms with Gasteiger partial charge in [-0.3, -0.25) is 0 Å². The van der Waals surface area contributed by atoms with Crippen molar-refractivity contribution in [3.63, 3.8) is 0 Å². The summed E-state index contributed by atoms with van der Waals surface area (Å²) in [5, 5.41) is 10.7. The molecule has 2 fully saturated rings. The molecule has 0 amide bonds. The van der Waals surface area contributed by atoms with Gasteiger partial charge < -0.3 is 10.0 Å². The van der Waals surface area contributed by atoms with Crippen molar-refractivity contribution >= 4 is 0 Å². The van der Waals surface area contributed by atoms with Crippen LogP contribution in [0.5, 0.6) is 0 Å². The molecule has 3 rings (SSSR count). The highest BCUT2D eigenvalue weighted by Crippen LogP contribution is 2.38. The summed E-state index contributed by atoms with van der Waals surface area (Å²) in [7, 11) is 0. The zero-order valence-electron chi connectivity index (χ0n) is 10.2. The third-order valence-corrected chi connectivity index (χ3v) is 4.44. The predicted octanol–water partition coefficient (Wildman–Crippen LogP) is 1.96. The molecular formula is C14H17F2NO. The summed E-state index contributed by atoms with van der Waals surface area (Å²) in [5.74, 6) is -0.960. The SMILES string of the molecule is OC1(Cc2c(F)cccc2F)CCN2CCC1C2. The average Bonchev–Trinajstić information content (AvgIpc) is 2.76. The quantitative estimate of drug-likeness (QED) is 0.871. The maximum absolute atomic E-state index is 13.7. The Morgan fingerprint density at radius 1 is 1.28 bits per heavy atom. The van der Waals surface area contributed by atoms with Crippen molar-refractivity contribution in [3.8, 4) is 0 Å². The topological polar surface area (TPSA) is 23.5 Å². The van der Waals surface area contributed by atoms with Crippen molar-refractivity contribution in [1.29, 1.82) is 0 Å². The van der Waals surface area contributed by atoms with Crippen molar-refractivity contribution in [2.75, 3.05) is 19.6 Å². The summed E-state index contributed by atoms with van der Waals surface area (Å²) >= 11 is 0. The molecule has 2 bridgehead atoms. The van der Waals surface area contributed by atoms with Crippen LogP contribution >= 0.6 is 0 Å². The molecule has 0 aromatic heterocycles. The molecule has 2 aliphatic heterocycles. The van der Waals surface area contributed by atoms with E-state index in [1.54, 1.807) is 0 Å². The lowest BCUT2D eigenvalue weighted by Gasteiger charge is -2.39. The van der Waals surface area contributed by atoms with E-state index in [1.165, 1.54) is 18.2 Å². The first-order valence-corrected chi connectivity index (χ1v) is 6.46. The van der Waals surface area contributed by atoms with Crippen LogP contribution in [-0.2, 0) is 6.42 Å². The van der Waals surface area contributed by atoms with Gasteiger partial charge in [0, 0.05) is 31.0 Å². The Hall–Kier alpha value is -1.00. The number of hydrogen-bond acceptors (Lipinski definition) is 2. The fourth-order valence-corrected chi connectivity index (χ4v) is 3.27. The van der Waals surface area contributed by atoms with E-state index in [0.717, 1.165) is 26.1 Å².